The van der Waals surface area contributed by atoms with Crippen LogP contribution in [0.4, 0.5) is 0 Å². The normalized spacial score (nSPS) is 10.6. The summed E-state index contributed by atoms with van der Waals surface area (Å²) in [6.07, 6.45) is 4.31. The summed E-state index contributed by atoms with van der Waals surface area (Å²) < 4.78 is 17.0. The maximum Gasteiger partial charge on any atom is 0.257 e. The van der Waals surface area contributed by atoms with Crippen LogP contribution >= 0.6 is 12.2 Å². The van der Waals surface area contributed by atoms with E-state index in [-0.39, 0.29) is 11.0 Å². The molecule has 0 spiro atoms. The topological polar surface area (TPSA) is 68.8 Å². The van der Waals surface area contributed by atoms with Crippen molar-refractivity contribution in [3.05, 3.63) is 53.6 Å². The summed E-state index contributed by atoms with van der Waals surface area (Å²) in [6, 6.07) is 12.8. The molecule has 2 aromatic carbocycles. The average Bonchev–Trinajstić information content (AvgIpc) is 2.81. The van der Waals surface area contributed by atoms with Crippen LogP contribution in [0.25, 0.3) is 0 Å². The number of methoxy groups -OCH3 is 1. The summed E-state index contributed by atoms with van der Waals surface area (Å²) in [5.41, 5.74) is 1.48. The Morgan fingerprint density at radius 3 is 2.42 bits per heavy atom. The van der Waals surface area contributed by atoms with Crippen LogP contribution in [0.2, 0.25) is 0 Å². The molecule has 0 aliphatic heterocycles. The van der Waals surface area contributed by atoms with Crippen molar-refractivity contribution >= 4 is 23.2 Å². The standard InChI is InChI=1S/C26H36N2O4S/c1-5-6-7-15-31-22-11-9-21(10-12-22)25(29)28-26(33)27-18-20-8-13-23(24(17-20)30-4)32-16-14-19(2)3/h8-13,17,19H,5-7,14-16,18H2,1-4H3,(H2,27,28,29,33). The fourth-order valence-corrected chi connectivity index (χ4v) is 3.16. The number of amides is 1. The van der Waals surface area contributed by atoms with E-state index in [1.165, 1.54) is 0 Å². The lowest BCUT2D eigenvalue weighted by molar-refractivity contribution is 0.0976. The van der Waals surface area contributed by atoms with Crippen molar-refractivity contribution in [3.63, 3.8) is 0 Å². The van der Waals surface area contributed by atoms with Gasteiger partial charge in [-0.3, -0.25) is 10.1 Å². The van der Waals surface area contributed by atoms with E-state index in [4.69, 9.17) is 26.4 Å². The minimum atomic E-state index is -0.267. The number of benzene rings is 2. The van der Waals surface area contributed by atoms with Crippen molar-refractivity contribution in [2.24, 2.45) is 5.92 Å². The van der Waals surface area contributed by atoms with Gasteiger partial charge in [0.15, 0.2) is 16.6 Å². The van der Waals surface area contributed by atoms with Gasteiger partial charge >= 0.3 is 0 Å². The Kier molecular flexibility index (Phi) is 11.5. The molecule has 6 nitrogen and oxygen atoms in total. The summed E-state index contributed by atoms with van der Waals surface area (Å²) >= 11 is 5.28. The summed E-state index contributed by atoms with van der Waals surface area (Å²) in [6.45, 7) is 8.26. The largest absolute Gasteiger partial charge is 0.494 e. The number of nitrogens with one attached hydrogen (secondary N) is 2. The molecular formula is C26H36N2O4S. The first-order valence-corrected chi connectivity index (χ1v) is 12.0. The van der Waals surface area contributed by atoms with Gasteiger partial charge in [-0.2, -0.15) is 0 Å². The maximum absolute atomic E-state index is 12.5. The Bertz CT molecular complexity index is 884. The Labute approximate surface area is 203 Å². The molecule has 0 atom stereocenters. The van der Waals surface area contributed by atoms with Gasteiger partial charge in [-0.1, -0.05) is 39.7 Å². The fourth-order valence-electron chi connectivity index (χ4n) is 2.99. The van der Waals surface area contributed by atoms with E-state index in [0.29, 0.717) is 37.0 Å². The van der Waals surface area contributed by atoms with Crippen LogP contribution in [0.1, 0.15) is 62.4 Å². The molecule has 0 saturated carbocycles. The molecule has 1 amide bonds. The second-order valence-corrected chi connectivity index (χ2v) is 8.64. The monoisotopic (exact) mass is 472 g/mol. The first-order valence-electron chi connectivity index (χ1n) is 11.5. The quantitative estimate of drug-likeness (QED) is 0.297. The molecule has 33 heavy (non-hydrogen) atoms. The molecule has 0 heterocycles. The first kappa shape index (κ1) is 26.5. The lowest BCUT2D eigenvalue weighted by Gasteiger charge is -2.14. The maximum atomic E-state index is 12.5. The molecule has 180 valence electrons. The van der Waals surface area contributed by atoms with E-state index in [1.807, 2.05) is 18.2 Å². The van der Waals surface area contributed by atoms with Crippen molar-refractivity contribution < 1.29 is 19.0 Å². The molecule has 0 aromatic heterocycles. The van der Waals surface area contributed by atoms with Crippen LogP contribution in [-0.2, 0) is 6.54 Å². The van der Waals surface area contributed by atoms with E-state index in [9.17, 15) is 4.79 Å². The molecule has 0 radical (unpaired) electrons. The summed E-state index contributed by atoms with van der Waals surface area (Å²) in [7, 11) is 1.62. The molecular weight excluding hydrogens is 436 g/mol. The van der Waals surface area contributed by atoms with Crippen LogP contribution in [-0.4, -0.2) is 31.3 Å². The number of ether oxygens (including phenoxy) is 3. The van der Waals surface area contributed by atoms with E-state index in [1.54, 1.807) is 31.4 Å². The van der Waals surface area contributed by atoms with E-state index >= 15 is 0 Å². The zero-order valence-electron chi connectivity index (χ0n) is 20.1. The van der Waals surface area contributed by atoms with Crippen molar-refractivity contribution in [1.29, 1.82) is 0 Å². The van der Waals surface area contributed by atoms with Gasteiger partial charge in [-0.15, -0.1) is 0 Å². The van der Waals surface area contributed by atoms with Gasteiger partial charge in [0.1, 0.15) is 5.75 Å². The van der Waals surface area contributed by atoms with Crippen molar-refractivity contribution in [1.82, 2.24) is 10.6 Å². The van der Waals surface area contributed by atoms with Gasteiger partial charge < -0.3 is 19.5 Å². The van der Waals surface area contributed by atoms with E-state index in [2.05, 4.69) is 31.4 Å². The molecule has 2 rings (SSSR count). The third-order valence-corrected chi connectivity index (χ3v) is 5.24. The molecule has 2 aromatic rings. The van der Waals surface area contributed by atoms with Crippen LogP contribution < -0.4 is 24.8 Å². The predicted molar refractivity (Wildman–Crippen MR) is 136 cm³/mol. The van der Waals surface area contributed by atoms with E-state index in [0.717, 1.165) is 42.7 Å². The third kappa shape index (κ3) is 9.70. The molecule has 0 fully saturated rings. The second-order valence-electron chi connectivity index (χ2n) is 8.23. The van der Waals surface area contributed by atoms with Crippen molar-refractivity contribution in [3.8, 4) is 17.2 Å². The van der Waals surface area contributed by atoms with Gasteiger partial charge in [0, 0.05) is 12.1 Å². The zero-order valence-corrected chi connectivity index (χ0v) is 20.9. The lowest BCUT2D eigenvalue weighted by Crippen LogP contribution is -2.38. The lowest BCUT2D eigenvalue weighted by atomic mass is 10.1. The van der Waals surface area contributed by atoms with Crippen LogP contribution in [0, 0.1) is 5.92 Å². The number of hydrogen-bond donors (Lipinski definition) is 2. The number of rotatable bonds is 13. The number of carbonyl (C=O) groups excluding carboxylic acids is 1. The predicted octanol–water partition coefficient (Wildman–Crippen LogP) is 5.49. The molecule has 0 saturated heterocycles. The van der Waals surface area contributed by atoms with Gasteiger partial charge in [-0.05, 0) is 72.9 Å². The first-order chi connectivity index (χ1) is 15.9. The highest BCUT2D eigenvalue weighted by Gasteiger charge is 2.10. The van der Waals surface area contributed by atoms with Crippen LogP contribution in [0.15, 0.2) is 42.5 Å². The minimum Gasteiger partial charge on any atom is -0.494 e. The average molecular weight is 473 g/mol. The molecule has 0 bridgehead atoms. The highest BCUT2D eigenvalue weighted by atomic mass is 32.1. The number of carbonyl (C=O) groups is 1. The Morgan fingerprint density at radius 1 is 1.00 bits per heavy atom. The summed E-state index contributed by atoms with van der Waals surface area (Å²) in [5.74, 6) is 2.46. The molecule has 7 heteroatoms. The second kappa shape index (κ2) is 14.4. The Balaban J connectivity index is 1.81. The number of unbranched alkanes of at least 4 members (excludes halogenated alkanes) is 2. The Morgan fingerprint density at radius 2 is 1.76 bits per heavy atom. The molecule has 0 aliphatic rings. The molecule has 0 unspecified atom stereocenters. The number of thiocarbonyl (C=S) groups is 1. The third-order valence-electron chi connectivity index (χ3n) is 4.99. The Hall–Kier alpha value is -2.80. The smallest absolute Gasteiger partial charge is 0.257 e. The van der Waals surface area contributed by atoms with E-state index < -0.39 is 0 Å². The minimum absolute atomic E-state index is 0.260. The van der Waals surface area contributed by atoms with Gasteiger partial charge in [0.2, 0.25) is 0 Å². The zero-order chi connectivity index (χ0) is 24.1. The SMILES string of the molecule is CCCCCOc1ccc(C(=O)NC(=S)NCc2ccc(OCCC(C)C)c(OC)c2)cc1. The van der Waals surface area contributed by atoms with Crippen LogP contribution in [0.5, 0.6) is 17.2 Å². The number of hydrogen-bond acceptors (Lipinski definition) is 5. The molecule has 0 aliphatic carbocycles. The van der Waals surface area contributed by atoms with Crippen molar-refractivity contribution in [2.75, 3.05) is 20.3 Å². The van der Waals surface area contributed by atoms with Gasteiger partial charge in [-0.25, -0.2) is 0 Å². The summed E-state index contributed by atoms with van der Waals surface area (Å²) in [5, 5.41) is 6.03. The van der Waals surface area contributed by atoms with Crippen LogP contribution in [0.3, 0.4) is 0 Å². The highest BCUT2D eigenvalue weighted by Crippen LogP contribution is 2.28. The van der Waals surface area contributed by atoms with Gasteiger partial charge in [0.25, 0.3) is 5.91 Å². The molecule has 2 N–H and O–H groups in total. The van der Waals surface area contributed by atoms with Gasteiger partial charge in [0.05, 0.1) is 20.3 Å². The summed E-state index contributed by atoms with van der Waals surface area (Å²) in [4.78, 5) is 12.5. The highest BCUT2D eigenvalue weighted by molar-refractivity contribution is 7.80. The fraction of sp³-hybridized carbons (Fsp3) is 0.462. The van der Waals surface area contributed by atoms with Crippen molar-refractivity contribution in [2.45, 2.75) is 53.0 Å².